The van der Waals surface area contributed by atoms with Crippen molar-refractivity contribution in [3.63, 3.8) is 0 Å². The number of carbonyl (C=O) groups is 2. The molecule has 0 spiro atoms. The van der Waals surface area contributed by atoms with E-state index in [1.54, 1.807) is 12.1 Å². The number of benzene rings is 2. The van der Waals surface area contributed by atoms with Gasteiger partial charge in [-0.1, -0.05) is 23.2 Å². The molecular formula is C15H12Cl2N2O3. The van der Waals surface area contributed by atoms with Gasteiger partial charge in [-0.2, -0.15) is 0 Å². The molecule has 0 bridgehead atoms. The number of carbonyl (C=O) groups excluding carboxylic acids is 2. The summed E-state index contributed by atoms with van der Waals surface area (Å²) >= 11 is 11.8. The molecule has 0 saturated heterocycles. The van der Waals surface area contributed by atoms with Crippen LogP contribution in [0.25, 0.3) is 0 Å². The molecule has 0 aliphatic carbocycles. The number of amides is 1. The molecule has 0 atom stereocenters. The molecule has 2 aromatic carbocycles. The van der Waals surface area contributed by atoms with Crippen LogP contribution < -0.4 is 11.1 Å². The van der Waals surface area contributed by atoms with Crippen molar-refractivity contribution >= 4 is 46.5 Å². The fourth-order valence-electron chi connectivity index (χ4n) is 1.81. The standard InChI is InChI=1S/C15H12Cl2N2O3/c1-22-15(21)10-4-3-9(7-13(10)18)19-14(20)11-6-8(16)2-5-12(11)17/h2-7H,18H2,1H3,(H,19,20). The monoisotopic (exact) mass is 338 g/mol. The maximum atomic E-state index is 12.2. The van der Waals surface area contributed by atoms with E-state index in [0.717, 1.165) is 0 Å². The fraction of sp³-hybridized carbons (Fsp3) is 0.0667. The van der Waals surface area contributed by atoms with E-state index in [9.17, 15) is 9.59 Å². The highest BCUT2D eigenvalue weighted by atomic mass is 35.5. The summed E-state index contributed by atoms with van der Waals surface area (Å²) in [6.07, 6.45) is 0. The normalized spacial score (nSPS) is 10.1. The van der Waals surface area contributed by atoms with Gasteiger partial charge in [-0.3, -0.25) is 4.79 Å². The Morgan fingerprint density at radius 3 is 2.45 bits per heavy atom. The van der Waals surface area contributed by atoms with Gasteiger partial charge >= 0.3 is 5.97 Å². The first-order chi connectivity index (χ1) is 10.4. The first-order valence-electron chi connectivity index (χ1n) is 6.16. The van der Waals surface area contributed by atoms with Gasteiger partial charge in [0.1, 0.15) is 0 Å². The summed E-state index contributed by atoms with van der Waals surface area (Å²) in [6.45, 7) is 0. The first kappa shape index (κ1) is 16.1. The Kier molecular flexibility index (Phi) is 4.90. The second-order valence-electron chi connectivity index (χ2n) is 4.37. The molecule has 3 N–H and O–H groups in total. The van der Waals surface area contributed by atoms with Crippen molar-refractivity contribution in [3.05, 3.63) is 57.6 Å². The van der Waals surface area contributed by atoms with Crippen molar-refractivity contribution in [2.75, 3.05) is 18.2 Å². The summed E-state index contributed by atoms with van der Waals surface area (Å²) in [6, 6.07) is 9.06. The quantitative estimate of drug-likeness (QED) is 0.661. The Morgan fingerprint density at radius 2 is 1.82 bits per heavy atom. The van der Waals surface area contributed by atoms with E-state index in [-0.39, 0.29) is 21.8 Å². The van der Waals surface area contributed by atoms with E-state index in [1.165, 1.54) is 31.4 Å². The van der Waals surface area contributed by atoms with E-state index < -0.39 is 11.9 Å². The molecule has 0 aromatic heterocycles. The number of ether oxygens (including phenoxy) is 1. The molecule has 0 fully saturated rings. The van der Waals surface area contributed by atoms with Gasteiger partial charge in [-0.05, 0) is 36.4 Å². The first-order valence-corrected chi connectivity index (χ1v) is 6.92. The van der Waals surface area contributed by atoms with Crippen molar-refractivity contribution < 1.29 is 14.3 Å². The van der Waals surface area contributed by atoms with E-state index in [0.29, 0.717) is 10.7 Å². The summed E-state index contributed by atoms with van der Waals surface area (Å²) in [4.78, 5) is 23.6. The van der Waals surface area contributed by atoms with Crippen LogP contribution in [-0.2, 0) is 4.74 Å². The molecule has 1 amide bonds. The summed E-state index contributed by atoms with van der Waals surface area (Å²) in [5, 5.41) is 3.31. The smallest absolute Gasteiger partial charge is 0.339 e. The maximum Gasteiger partial charge on any atom is 0.339 e. The van der Waals surface area contributed by atoms with Crippen molar-refractivity contribution in [3.8, 4) is 0 Å². The van der Waals surface area contributed by atoms with Crippen LogP contribution in [0.2, 0.25) is 10.0 Å². The third kappa shape index (κ3) is 3.50. The summed E-state index contributed by atoms with van der Waals surface area (Å²) < 4.78 is 4.60. The number of esters is 1. The zero-order valence-electron chi connectivity index (χ0n) is 11.5. The minimum absolute atomic E-state index is 0.196. The summed E-state index contributed by atoms with van der Waals surface area (Å²) in [5.41, 5.74) is 6.85. The lowest BCUT2D eigenvalue weighted by atomic mass is 10.1. The van der Waals surface area contributed by atoms with Crippen LogP contribution in [0.1, 0.15) is 20.7 Å². The Balaban J connectivity index is 2.24. The van der Waals surface area contributed by atoms with Crippen molar-refractivity contribution in [1.29, 1.82) is 0 Å². The van der Waals surface area contributed by atoms with E-state index in [4.69, 9.17) is 28.9 Å². The van der Waals surface area contributed by atoms with Crippen molar-refractivity contribution in [2.45, 2.75) is 0 Å². The number of hydrogen-bond donors (Lipinski definition) is 2. The number of nitrogen functional groups attached to an aromatic ring is 1. The molecule has 0 aliphatic heterocycles. The topological polar surface area (TPSA) is 81.4 Å². The number of rotatable bonds is 3. The second kappa shape index (κ2) is 6.68. The molecule has 2 aromatic rings. The van der Waals surface area contributed by atoms with E-state index in [1.807, 2.05) is 0 Å². The van der Waals surface area contributed by atoms with Crippen LogP contribution in [0.5, 0.6) is 0 Å². The largest absolute Gasteiger partial charge is 0.465 e. The Bertz CT molecular complexity index is 748. The molecule has 0 saturated carbocycles. The minimum atomic E-state index is -0.548. The molecule has 0 radical (unpaired) electrons. The zero-order valence-corrected chi connectivity index (χ0v) is 13.0. The van der Waals surface area contributed by atoms with Gasteiger partial charge in [-0.15, -0.1) is 0 Å². The van der Waals surface area contributed by atoms with Gasteiger partial charge in [0.2, 0.25) is 0 Å². The molecular weight excluding hydrogens is 327 g/mol. The van der Waals surface area contributed by atoms with Crippen molar-refractivity contribution in [2.24, 2.45) is 0 Å². The molecule has 7 heteroatoms. The van der Waals surface area contributed by atoms with E-state index in [2.05, 4.69) is 10.1 Å². The average Bonchev–Trinajstić information content (AvgIpc) is 2.49. The second-order valence-corrected chi connectivity index (χ2v) is 5.22. The van der Waals surface area contributed by atoms with Crippen molar-refractivity contribution in [1.82, 2.24) is 0 Å². The van der Waals surface area contributed by atoms with Gasteiger partial charge in [0, 0.05) is 16.4 Å². The third-order valence-corrected chi connectivity index (χ3v) is 3.45. The SMILES string of the molecule is COC(=O)c1ccc(NC(=O)c2cc(Cl)ccc2Cl)cc1N. The highest BCUT2D eigenvalue weighted by Gasteiger charge is 2.14. The van der Waals surface area contributed by atoms with Gasteiger partial charge in [0.05, 0.1) is 23.3 Å². The average molecular weight is 339 g/mol. The van der Waals surface area contributed by atoms with E-state index >= 15 is 0 Å². The maximum absolute atomic E-state index is 12.2. The number of hydrogen-bond acceptors (Lipinski definition) is 4. The molecule has 0 unspecified atom stereocenters. The van der Waals surface area contributed by atoms with Gasteiger partial charge < -0.3 is 15.8 Å². The highest BCUT2D eigenvalue weighted by molar-refractivity contribution is 6.36. The zero-order chi connectivity index (χ0) is 16.3. The predicted molar refractivity (Wildman–Crippen MR) is 86.6 cm³/mol. The summed E-state index contributed by atoms with van der Waals surface area (Å²) in [5.74, 6) is -0.981. The van der Waals surface area contributed by atoms with Gasteiger partial charge in [0.15, 0.2) is 0 Å². The van der Waals surface area contributed by atoms with Crippen LogP contribution in [0, 0.1) is 0 Å². The molecule has 0 heterocycles. The van der Waals surface area contributed by atoms with Crippen LogP contribution >= 0.6 is 23.2 Å². The lowest BCUT2D eigenvalue weighted by Gasteiger charge is -2.09. The predicted octanol–water partition coefficient (Wildman–Crippen LogP) is 3.61. The van der Waals surface area contributed by atoms with Crippen LogP contribution in [0.4, 0.5) is 11.4 Å². The number of halogens is 2. The van der Waals surface area contributed by atoms with Crippen LogP contribution in [0.3, 0.4) is 0 Å². The van der Waals surface area contributed by atoms with Crippen LogP contribution in [-0.4, -0.2) is 19.0 Å². The van der Waals surface area contributed by atoms with Crippen LogP contribution in [0.15, 0.2) is 36.4 Å². The highest BCUT2D eigenvalue weighted by Crippen LogP contribution is 2.23. The molecule has 114 valence electrons. The number of nitrogens with one attached hydrogen (secondary N) is 1. The van der Waals surface area contributed by atoms with Gasteiger partial charge in [-0.25, -0.2) is 4.79 Å². The lowest BCUT2D eigenvalue weighted by molar-refractivity contribution is 0.0602. The number of anilines is 2. The summed E-state index contributed by atoms with van der Waals surface area (Å²) in [7, 11) is 1.26. The lowest BCUT2D eigenvalue weighted by Crippen LogP contribution is -2.13. The number of methoxy groups -OCH3 is 1. The minimum Gasteiger partial charge on any atom is -0.465 e. The Hall–Kier alpha value is -2.24. The molecule has 22 heavy (non-hydrogen) atoms. The Morgan fingerprint density at radius 1 is 1.09 bits per heavy atom. The fourth-order valence-corrected chi connectivity index (χ4v) is 2.18. The number of nitrogens with two attached hydrogens (primary N) is 1. The van der Waals surface area contributed by atoms with Gasteiger partial charge in [0.25, 0.3) is 5.91 Å². The molecule has 5 nitrogen and oxygen atoms in total. The molecule has 0 aliphatic rings. The Labute approximate surface area is 137 Å². The third-order valence-electron chi connectivity index (χ3n) is 2.89. The molecule has 2 rings (SSSR count).